The second-order valence-electron chi connectivity index (χ2n) is 2.27. The van der Waals surface area contributed by atoms with Gasteiger partial charge >= 0.3 is 0 Å². The lowest BCUT2D eigenvalue weighted by Gasteiger charge is -1.91. The molecule has 0 amide bonds. The first-order valence-corrected chi connectivity index (χ1v) is 2.66. The van der Waals surface area contributed by atoms with Crippen molar-refractivity contribution in [2.45, 2.75) is 19.4 Å². The van der Waals surface area contributed by atoms with Crippen molar-refractivity contribution in [3.8, 4) is 0 Å². The van der Waals surface area contributed by atoms with Crippen molar-refractivity contribution in [1.82, 2.24) is 5.32 Å². The topological polar surface area (TPSA) is 21.9 Å². The number of hydrogen-bond donors (Lipinski definition) is 1. The minimum absolute atomic E-state index is 0.370. The normalized spacial score (nSPS) is 39.7. The highest BCUT2D eigenvalue weighted by atomic mass is 15.1. The van der Waals surface area contributed by atoms with E-state index in [1.54, 1.807) is 0 Å². The average molecular weight is 97.2 g/mol. The SMILES string of the molecule is C/C=C\[C@]1(C)CN1. The fourth-order valence-corrected chi connectivity index (χ4v) is 0.625. The smallest absolute Gasteiger partial charge is 0.0463 e. The molecule has 1 nitrogen and oxygen atoms in total. The van der Waals surface area contributed by atoms with Gasteiger partial charge in [0.1, 0.15) is 0 Å². The van der Waals surface area contributed by atoms with Gasteiger partial charge in [0.25, 0.3) is 0 Å². The number of hydrogen-bond acceptors (Lipinski definition) is 1. The Labute approximate surface area is 44.4 Å². The van der Waals surface area contributed by atoms with Gasteiger partial charge in [-0.3, -0.25) is 0 Å². The van der Waals surface area contributed by atoms with Crippen LogP contribution >= 0.6 is 0 Å². The van der Waals surface area contributed by atoms with Crippen molar-refractivity contribution in [3.05, 3.63) is 12.2 Å². The maximum Gasteiger partial charge on any atom is 0.0463 e. The summed E-state index contributed by atoms with van der Waals surface area (Å²) in [5.41, 5.74) is 0.370. The third-order valence-electron chi connectivity index (χ3n) is 1.27. The first-order valence-electron chi connectivity index (χ1n) is 2.66. The highest BCUT2D eigenvalue weighted by molar-refractivity contribution is 5.14. The fourth-order valence-electron chi connectivity index (χ4n) is 0.625. The summed E-state index contributed by atoms with van der Waals surface area (Å²) in [6.45, 7) is 5.38. The van der Waals surface area contributed by atoms with Gasteiger partial charge in [-0.1, -0.05) is 12.2 Å². The van der Waals surface area contributed by atoms with Crippen LogP contribution in [0.1, 0.15) is 13.8 Å². The second-order valence-corrected chi connectivity index (χ2v) is 2.27. The van der Waals surface area contributed by atoms with Gasteiger partial charge in [0.2, 0.25) is 0 Å². The van der Waals surface area contributed by atoms with E-state index >= 15 is 0 Å². The minimum Gasteiger partial charge on any atom is -0.305 e. The van der Waals surface area contributed by atoms with Crippen LogP contribution in [0.2, 0.25) is 0 Å². The molecular formula is C6H11N. The van der Waals surface area contributed by atoms with Crippen LogP contribution in [-0.4, -0.2) is 12.1 Å². The van der Waals surface area contributed by atoms with Gasteiger partial charge in [-0.2, -0.15) is 0 Å². The molecular weight excluding hydrogens is 86.1 g/mol. The lowest BCUT2D eigenvalue weighted by atomic mass is 10.2. The van der Waals surface area contributed by atoms with Crippen LogP contribution in [0.4, 0.5) is 0 Å². The van der Waals surface area contributed by atoms with Gasteiger partial charge in [-0.05, 0) is 13.8 Å². The summed E-state index contributed by atoms with van der Waals surface area (Å²) in [6.07, 6.45) is 4.27. The molecule has 0 saturated carbocycles. The molecule has 1 aliphatic rings. The molecule has 0 aromatic rings. The zero-order chi connectivity index (χ0) is 5.33. The summed E-state index contributed by atoms with van der Waals surface area (Å²) in [7, 11) is 0. The summed E-state index contributed by atoms with van der Waals surface area (Å²) in [5.74, 6) is 0. The van der Waals surface area contributed by atoms with Crippen molar-refractivity contribution in [1.29, 1.82) is 0 Å². The van der Waals surface area contributed by atoms with Gasteiger partial charge < -0.3 is 5.32 Å². The lowest BCUT2D eigenvalue weighted by Crippen LogP contribution is -2.02. The monoisotopic (exact) mass is 97.1 g/mol. The Morgan fingerprint density at radius 2 is 2.29 bits per heavy atom. The van der Waals surface area contributed by atoms with E-state index in [4.69, 9.17) is 0 Å². The summed E-state index contributed by atoms with van der Waals surface area (Å²) in [6, 6.07) is 0. The first-order chi connectivity index (χ1) is 3.27. The molecule has 1 fully saturated rings. The zero-order valence-electron chi connectivity index (χ0n) is 4.86. The molecule has 1 aliphatic heterocycles. The van der Waals surface area contributed by atoms with Crippen molar-refractivity contribution >= 4 is 0 Å². The molecule has 0 unspecified atom stereocenters. The van der Waals surface area contributed by atoms with Crippen molar-refractivity contribution in [3.63, 3.8) is 0 Å². The van der Waals surface area contributed by atoms with Crippen molar-refractivity contribution in [2.24, 2.45) is 0 Å². The average Bonchev–Trinajstić information content (AvgIpc) is 2.22. The Balaban J connectivity index is 2.40. The van der Waals surface area contributed by atoms with Gasteiger partial charge in [0.15, 0.2) is 0 Å². The maximum absolute atomic E-state index is 3.22. The predicted octanol–water partition coefficient (Wildman–Crippen LogP) is 0.924. The van der Waals surface area contributed by atoms with E-state index in [1.165, 1.54) is 0 Å². The molecule has 0 aromatic carbocycles. The van der Waals surface area contributed by atoms with Crippen LogP contribution in [-0.2, 0) is 0 Å². The Morgan fingerprint density at radius 3 is 2.43 bits per heavy atom. The summed E-state index contributed by atoms with van der Waals surface area (Å²) in [4.78, 5) is 0. The molecule has 1 saturated heterocycles. The van der Waals surface area contributed by atoms with E-state index in [2.05, 4.69) is 24.4 Å². The van der Waals surface area contributed by atoms with Crippen LogP contribution in [0.15, 0.2) is 12.2 Å². The van der Waals surface area contributed by atoms with Crippen LogP contribution in [0.5, 0.6) is 0 Å². The zero-order valence-corrected chi connectivity index (χ0v) is 4.86. The number of rotatable bonds is 1. The Kier molecular flexibility index (Phi) is 0.927. The fraction of sp³-hybridized carbons (Fsp3) is 0.667. The highest BCUT2D eigenvalue weighted by Gasteiger charge is 2.32. The van der Waals surface area contributed by atoms with E-state index in [9.17, 15) is 0 Å². The van der Waals surface area contributed by atoms with Gasteiger partial charge in [-0.25, -0.2) is 0 Å². The van der Waals surface area contributed by atoms with Gasteiger partial charge in [0.05, 0.1) is 0 Å². The summed E-state index contributed by atoms with van der Waals surface area (Å²) >= 11 is 0. The standard InChI is InChI=1S/C6H11N/c1-3-4-6(2)5-7-6/h3-4,7H,5H2,1-2H3/b4-3-/t6-/m1/s1. The molecule has 0 spiro atoms. The maximum atomic E-state index is 3.22. The van der Waals surface area contributed by atoms with Gasteiger partial charge in [-0.15, -0.1) is 0 Å². The number of nitrogens with one attached hydrogen (secondary N) is 1. The molecule has 0 aliphatic carbocycles. The lowest BCUT2D eigenvalue weighted by molar-refractivity contribution is 0.879. The molecule has 1 rings (SSSR count). The molecule has 1 heteroatoms. The Bertz CT molecular complexity index is 90.4. The minimum atomic E-state index is 0.370. The highest BCUT2D eigenvalue weighted by Crippen LogP contribution is 2.15. The van der Waals surface area contributed by atoms with Crippen molar-refractivity contribution < 1.29 is 0 Å². The molecule has 40 valence electrons. The van der Waals surface area contributed by atoms with E-state index in [-0.39, 0.29) is 0 Å². The van der Waals surface area contributed by atoms with Crippen LogP contribution in [0, 0.1) is 0 Å². The van der Waals surface area contributed by atoms with Crippen LogP contribution in [0.25, 0.3) is 0 Å². The molecule has 0 radical (unpaired) electrons. The van der Waals surface area contributed by atoms with Crippen molar-refractivity contribution in [2.75, 3.05) is 6.54 Å². The largest absolute Gasteiger partial charge is 0.305 e. The third-order valence-corrected chi connectivity index (χ3v) is 1.27. The van der Waals surface area contributed by atoms with E-state index in [0.717, 1.165) is 6.54 Å². The molecule has 1 atom stereocenters. The Morgan fingerprint density at radius 1 is 1.71 bits per heavy atom. The first kappa shape index (κ1) is 4.85. The summed E-state index contributed by atoms with van der Waals surface area (Å²) < 4.78 is 0. The Hall–Kier alpha value is -0.300. The van der Waals surface area contributed by atoms with Crippen LogP contribution < -0.4 is 5.32 Å². The van der Waals surface area contributed by atoms with E-state index in [0.29, 0.717) is 5.54 Å². The molecule has 1 N–H and O–H groups in total. The van der Waals surface area contributed by atoms with Gasteiger partial charge in [0, 0.05) is 12.1 Å². The summed E-state index contributed by atoms with van der Waals surface area (Å²) in [5, 5.41) is 3.22. The second kappa shape index (κ2) is 1.34. The third kappa shape index (κ3) is 1.03. The van der Waals surface area contributed by atoms with E-state index < -0.39 is 0 Å². The molecule has 0 bridgehead atoms. The predicted molar refractivity (Wildman–Crippen MR) is 31.2 cm³/mol. The number of allylic oxidation sites excluding steroid dienone is 1. The quantitative estimate of drug-likeness (QED) is 0.381. The molecule has 7 heavy (non-hydrogen) atoms. The van der Waals surface area contributed by atoms with E-state index in [1.807, 2.05) is 6.92 Å². The van der Waals surface area contributed by atoms with Crippen LogP contribution in [0.3, 0.4) is 0 Å². The molecule has 0 aromatic heterocycles. The molecule has 1 heterocycles.